The van der Waals surface area contributed by atoms with Crippen molar-refractivity contribution in [3.8, 4) is 22.6 Å². The average Bonchev–Trinajstić information content (AvgIpc) is 2.53. The van der Waals surface area contributed by atoms with E-state index in [1.54, 1.807) is 44.7 Å². The predicted octanol–water partition coefficient (Wildman–Crippen LogP) is 3.53. The Labute approximate surface area is 131 Å². The number of aromatic nitrogens is 1. The highest BCUT2D eigenvalue weighted by atomic mass is 35.5. The van der Waals surface area contributed by atoms with Gasteiger partial charge in [-0.15, -0.1) is 0 Å². The number of hydrogen-bond acceptors (Lipinski definition) is 5. The molecule has 3 aromatic rings. The van der Waals surface area contributed by atoms with Crippen molar-refractivity contribution in [2.24, 2.45) is 0 Å². The fourth-order valence-corrected chi connectivity index (χ4v) is 2.30. The van der Waals surface area contributed by atoms with E-state index in [4.69, 9.17) is 25.5 Å². The van der Waals surface area contributed by atoms with Crippen molar-refractivity contribution in [3.05, 3.63) is 52.1 Å². The van der Waals surface area contributed by atoms with Gasteiger partial charge in [-0.1, -0.05) is 11.6 Å². The standard InChI is InChI=1S/C16H12ClNO4/c1-20-11-3-9(4-12(6-11)21-2)13-5-10-8-18-15(17)7-14(10)22-16(13)19/h3-8H,1-2H3. The number of benzene rings is 1. The molecule has 0 amide bonds. The van der Waals surface area contributed by atoms with E-state index in [0.717, 1.165) is 0 Å². The third-order valence-corrected chi connectivity index (χ3v) is 3.45. The summed E-state index contributed by atoms with van der Waals surface area (Å²) in [4.78, 5) is 16.2. The molecule has 1 aromatic carbocycles. The molecule has 0 atom stereocenters. The summed E-state index contributed by atoms with van der Waals surface area (Å²) in [6.45, 7) is 0. The summed E-state index contributed by atoms with van der Waals surface area (Å²) in [7, 11) is 3.10. The molecular weight excluding hydrogens is 306 g/mol. The van der Waals surface area contributed by atoms with E-state index in [1.807, 2.05) is 0 Å². The first-order chi connectivity index (χ1) is 10.6. The Balaban J connectivity index is 2.23. The molecular formula is C16H12ClNO4. The maximum atomic E-state index is 12.2. The van der Waals surface area contributed by atoms with Crippen LogP contribution in [0.15, 0.2) is 45.7 Å². The Morgan fingerprint density at radius 1 is 1.05 bits per heavy atom. The summed E-state index contributed by atoms with van der Waals surface area (Å²) in [6.07, 6.45) is 1.56. The molecule has 0 unspecified atom stereocenters. The fourth-order valence-electron chi connectivity index (χ4n) is 2.15. The van der Waals surface area contributed by atoms with Crippen LogP contribution in [0.4, 0.5) is 0 Å². The summed E-state index contributed by atoms with van der Waals surface area (Å²) < 4.78 is 15.8. The van der Waals surface area contributed by atoms with Crippen LogP contribution >= 0.6 is 11.6 Å². The second-order valence-corrected chi connectivity index (χ2v) is 4.98. The zero-order valence-corrected chi connectivity index (χ0v) is 12.7. The Morgan fingerprint density at radius 3 is 2.36 bits per heavy atom. The highest BCUT2D eigenvalue weighted by molar-refractivity contribution is 6.29. The minimum absolute atomic E-state index is 0.270. The van der Waals surface area contributed by atoms with Crippen LogP contribution in [0.2, 0.25) is 5.15 Å². The molecule has 0 bridgehead atoms. The zero-order valence-electron chi connectivity index (χ0n) is 11.9. The van der Waals surface area contributed by atoms with E-state index in [0.29, 0.717) is 33.6 Å². The summed E-state index contributed by atoms with van der Waals surface area (Å²) in [6, 6.07) is 8.42. The Kier molecular flexibility index (Phi) is 3.73. The molecule has 0 saturated carbocycles. The highest BCUT2D eigenvalue weighted by Gasteiger charge is 2.11. The number of hydrogen-bond donors (Lipinski definition) is 0. The average molecular weight is 318 g/mol. The minimum Gasteiger partial charge on any atom is -0.497 e. The Hall–Kier alpha value is -2.53. The minimum atomic E-state index is -0.468. The van der Waals surface area contributed by atoms with Crippen molar-refractivity contribution in [1.82, 2.24) is 4.98 Å². The van der Waals surface area contributed by atoms with Crippen molar-refractivity contribution in [2.45, 2.75) is 0 Å². The lowest BCUT2D eigenvalue weighted by atomic mass is 10.1. The van der Waals surface area contributed by atoms with Crippen LogP contribution < -0.4 is 15.1 Å². The van der Waals surface area contributed by atoms with Crippen LogP contribution in [0.3, 0.4) is 0 Å². The lowest BCUT2D eigenvalue weighted by Gasteiger charge is -2.08. The number of ether oxygens (including phenoxy) is 2. The largest absolute Gasteiger partial charge is 0.497 e. The summed E-state index contributed by atoms with van der Waals surface area (Å²) in [5.41, 5.74) is 0.962. The summed E-state index contributed by atoms with van der Waals surface area (Å²) in [5.74, 6) is 1.17. The zero-order chi connectivity index (χ0) is 15.7. The van der Waals surface area contributed by atoms with Crippen molar-refractivity contribution in [3.63, 3.8) is 0 Å². The van der Waals surface area contributed by atoms with E-state index in [-0.39, 0.29) is 5.15 Å². The molecule has 6 heteroatoms. The van der Waals surface area contributed by atoms with Gasteiger partial charge < -0.3 is 13.9 Å². The molecule has 5 nitrogen and oxygen atoms in total. The molecule has 2 heterocycles. The van der Waals surface area contributed by atoms with Gasteiger partial charge in [-0.25, -0.2) is 9.78 Å². The first kappa shape index (κ1) is 14.4. The van der Waals surface area contributed by atoms with Gasteiger partial charge in [-0.05, 0) is 23.8 Å². The molecule has 0 aliphatic heterocycles. The van der Waals surface area contributed by atoms with E-state index >= 15 is 0 Å². The van der Waals surface area contributed by atoms with Crippen molar-refractivity contribution in [2.75, 3.05) is 14.2 Å². The van der Waals surface area contributed by atoms with Gasteiger partial charge in [0.25, 0.3) is 0 Å². The second-order valence-electron chi connectivity index (χ2n) is 4.59. The van der Waals surface area contributed by atoms with Gasteiger partial charge in [0.15, 0.2) is 0 Å². The Morgan fingerprint density at radius 2 is 1.73 bits per heavy atom. The van der Waals surface area contributed by atoms with Crippen LogP contribution in [-0.2, 0) is 0 Å². The molecule has 0 saturated heterocycles. The topological polar surface area (TPSA) is 61.6 Å². The normalized spacial score (nSPS) is 10.7. The second kappa shape index (κ2) is 5.69. The molecule has 0 fully saturated rings. The number of methoxy groups -OCH3 is 2. The molecule has 22 heavy (non-hydrogen) atoms. The molecule has 2 aromatic heterocycles. The predicted molar refractivity (Wildman–Crippen MR) is 83.8 cm³/mol. The van der Waals surface area contributed by atoms with Gasteiger partial charge in [-0.3, -0.25) is 0 Å². The van der Waals surface area contributed by atoms with E-state index in [9.17, 15) is 4.79 Å². The fraction of sp³-hybridized carbons (Fsp3) is 0.125. The van der Waals surface area contributed by atoms with Crippen LogP contribution in [-0.4, -0.2) is 19.2 Å². The third kappa shape index (κ3) is 2.63. The smallest absolute Gasteiger partial charge is 0.344 e. The number of pyridine rings is 1. The monoisotopic (exact) mass is 317 g/mol. The van der Waals surface area contributed by atoms with Gasteiger partial charge in [-0.2, -0.15) is 0 Å². The third-order valence-electron chi connectivity index (χ3n) is 3.25. The molecule has 0 aliphatic rings. The van der Waals surface area contributed by atoms with Crippen LogP contribution in [0.25, 0.3) is 22.1 Å². The molecule has 0 spiro atoms. The van der Waals surface area contributed by atoms with Gasteiger partial charge in [0, 0.05) is 23.7 Å². The van der Waals surface area contributed by atoms with Gasteiger partial charge in [0.1, 0.15) is 22.2 Å². The lowest BCUT2D eigenvalue weighted by Crippen LogP contribution is -2.03. The van der Waals surface area contributed by atoms with Crippen LogP contribution in [0.1, 0.15) is 0 Å². The Bertz CT molecular complexity index is 882. The first-order valence-electron chi connectivity index (χ1n) is 6.43. The van der Waals surface area contributed by atoms with E-state index < -0.39 is 5.63 Å². The van der Waals surface area contributed by atoms with Gasteiger partial charge >= 0.3 is 5.63 Å². The molecule has 0 radical (unpaired) electrons. The number of nitrogens with zero attached hydrogens (tertiary/aromatic N) is 1. The maximum absolute atomic E-state index is 12.2. The van der Waals surface area contributed by atoms with Crippen molar-refractivity contribution in [1.29, 1.82) is 0 Å². The van der Waals surface area contributed by atoms with Crippen molar-refractivity contribution < 1.29 is 13.9 Å². The summed E-state index contributed by atoms with van der Waals surface area (Å²) >= 11 is 5.80. The van der Waals surface area contributed by atoms with Crippen LogP contribution in [0.5, 0.6) is 11.5 Å². The maximum Gasteiger partial charge on any atom is 0.344 e. The number of halogens is 1. The SMILES string of the molecule is COc1cc(OC)cc(-c2cc3cnc(Cl)cc3oc2=O)c1. The van der Waals surface area contributed by atoms with Gasteiger partial charge in [0.05, 0.1) is 19.8 Å². The van der Waals surface area contributed by atoms with Crippen molar-refractivity contribution >= 4 is 22.6 Å². The van der Waals surface area contributed by atoms with E-state index in [1.165, 1.54) is 6.07 Å². The first-order valence-corrected chi connectivity index (χ1v) is 6.81. The van der Waals surface area contributed by atoms with Crippen LogP contribution in [0, 0.1) is 0 Å². The molecule has 0 N–H and O–H groups in total. The van der Waals surface area contributed by atoms with Gasteiger partial charge in [0.2, 0.25) is 0 Å². The molecule has 112 valence electrons. The highest BCUT2D eigenvalue weighted by Crippen LogP contribution is 2.29. The molecule has 0 aliphatic carbocycles. The lowest BCUT2D eigenvalue weighted by molar-refractivity contribution is 0.394. The number of rotatable bonds is 3. The molecule has 3 rings (SSSR count). The summed E-state index contributed by atoms with van der Waals surface area (Å²) in [5, 5.41) is 0.951. The quantitative estimate of drug-likeness (QED) is 0.692. The number of fused-ring (bicyclic) bond motifs is 1. The van der Waals surface area contributed by atoms with E-state index in [2.05, 4.69) is 4.98 Å².